The lowest BCUT2D eigenvalue weighted by atomic mass is 10.0. The summed E-state index contributed by atoms with van der Waals surface area (Å²) in [4.78, 5) is 2.40. The lowest BCUT2D eigenvalue weighted by Crippen LogP contribution is -2.21. The molecule has 0 fully saturated rings. The van der Waals surface area contributed by atoms with Gasteiger partial charge in [0.25, 0.3) is 0 Å². The SMILES string of the molecule is Cc1cccc(C)c1N1CC=Cc2ccccc21. The molecule has 0 N–H and O–H groups in total. The fourth-order valence-corrected chi connectivity index (χ4v) is 2.70. The smallest absolute Gasteiger partial charge is 0.0487 e. The Kier molecular flexibility index (Phi) is 2.67. The summed E-state index contributed by atoms with van der Waals surface area (Å²) in [6, 6.07) is 15.1. The van der Waals surface area contributed by atoms with Crippen molar-refractivity contribution in [1.29, 1.82) is 0 Å². The number of fused-ring (bicyclic) bond motifs is 1. The number of hydrogen-bond donors (Lipinski definition) is 0. The molecule has 2 aromatic rings. The molecular weight excluding hydrogens is 218 g/mol. The van der Waals surface area contributed by atoms with Crippen LogP contribution in [-0.4, -0.2) is 6.54 Å². The average Bonchev–Trinajstić information content (AvgIpc) is 2.39. The molecule has 0 spiro atoms. The lowest BCUT2D eigenvalue weighted by molar-refractivity contribution is 1.06. The molecule has 0 bridgehead atoms. The summed E-state index contributed by atoms with van der Waals surface area (Å²) in [5.41, 5.74) is 6.61. The Morgan fingerprint density at radius 3 is 2.39 bits per heavy atom. The van der Waals surface area contributed by atoms with Gasteiger partial charge in [-0.1, -0.05) is 48.6 Å². The molecule has 0 saturated carbocycles. The van der Waals surface area contributed by atoms with Crippen LogP contribution in [0.1, 0.15) is 16.7 Å². The van der Waals surface area contributed by atoms with Gasteiger partial charge in [0, 0.05) is 17.9 Å². The second-order valence-corrected chi connectivity index (χ2v) is 4.81. The van der Waals surface area contributed by atoms with Crippen LogP contribution >= 0.6 is 0 Å². The predicted octanol–water partition coefficient (Wildman–Crippen LogP) is 4.47. The van der Waals surface area contributed by atoms with Crippen molar-refractivity contribution < 1.29 is 0 Å². The van der Waals surface area contributed by atoms with E-state index in [9.17, 15) is 0 Å². The summed E-state index contributed by atoms with van der Waals surface area (Å²) in [7, 11) is 0. The van der Waals surface area contributed by atoms with Crippen molar-refractivity contribution in [3.63, 3.8) is 0 Å². The van der Waals surface area contributed by atoms with Crippen molar-refractivity contribution in [3.05, 3.63) is 65.2 Å². The summed E-state index contributed by atoms with van der Waals surface area (Å²) < 4.78 is 0. The van der Waals surface area contributed by atoms with E-state index >= 15 is 0 Å². The van der Waals surface area contributed by atoms with Gasteiger partial charge in [-0.2, -0.15) is 0 Å². The number of rotatable bonds is 1. The molecule has 0 aliphatic carbocycles. The minimum absolute atomic E-state index is 0.947. The highest BCUT2D eigenvalue weighted by Gasteiger charge is 2.17. The zero-order chi connectivity index (χ0) is 12.5. The summed E-state index contributed by atoms with van der Waals surface area (Å²) in [5.74, 6) is 0. The second-order valence-electron chi connectivity index (χ2n) is 4.81. The molecule has 1 heteroatoms. The van der Waals surface area contributed by atoms with Crippen molar-refractivity contribution >= 4 is 17.5 Å². The minimum Gasteiger partial charge on any atom is -0.337 e. The molecule has 0 radical (unpaired) electrons. The van der Waals surface area contributed by atoms with Crippen LogP contribution in [0.2, 0.25) is 0 Å². The first-order valence-corrected chi connectivity index (χ1v) is 6.37. The van der Waals surface area contributed by atoms with Crippen molar-refractivity contribution in [2.45, 2.75) is 13.8 Å². The lowest BCUT2D eigenvalue weighted by Gasteiger charge is -2.30. The van der Waals surface area contributed by atoms with Gasteiger partial charge in [0.2, 0.25) is 0 Å². The highest BCUT2D eigenvalue weighted by molar-refractivity contribution is 5.79. The molecule has 1 aliphatic heterocycles. The van der Waals surface area contributed by atoms with E-state index < -0.39 is 0 Å². The second kappa shape index (κ2) is 4.34. The topological polar surface area (TPSA) is 3.24 Å². The zero-order valence-electron chi connectivity index (χ0n) is 10.9. The third kappa shape index (κ3) is 1.72. The molecule has 18 heavy (non-hydrogen) atoms. The largest absolute Gasteiger partial charge is 0.337 e. The molecule has 1 heterocycles. The van der Waals surface area contributed by atoms with E-state index in [0.29, 0.717) is 0 Å². The normalized spacial score (nSPS) is 13.6. The third-order valence-electron chi connectivity index (χ3n) is 3.52. The first-order chi connectivity index (χ1) is 8.77. The van der Waals surface area contributed by atoms with Crippen LogP contribution in [0.15, 0.2) is 48.5 Å². The molecule has 0 unspecified atom stereocenters. The Morgan fingerprint density at radius 2 is 1.61 bits per heavy atom. The highest BCUT2D eigenvalue weighted by Crippen LogP contribution is 2.35. The molecule has 90 valence electrons. The Bertz CT molecular complexity index is 591. The molecule has 0 amide bonds. The van der Waals surface area contributed by atoms with Crippen LogP contribution in [0.3, 0.4) is 0 Å². The third-order valence-corrected chi connectivity index (χ3v) is 3.52. The van der Waals surface area contributed by atoms with Crippen LogP contribution in [-0.2, 0) is 0 Å². The Hall–Kier alpha value is -2.02. The van der Waals surface area contributed by atoms with E-state index in [1.807, 2.05) is 0 Å². The van der Waals surface area contributed by atoms with Crippen molar-refractivity contribution in [2.24, 2.45) is 0 Å². The first-order valence-electron chi connectivity index (χ1n) is 6.37. The first kappa shape index (κ1) is 11.1. The molecule has 3 rings (SSSR count). The van der Waals surface area contributed by atoms with Gasteiger partial charge in [-0.3, -0.25) is 0 Å². The Morgan fingerprint density at radius 1 is 0.889 bits per heavy atom. The maximum atomic E-state index is 2.40. The van der Waals surface area contributed by atoms with Gasteiger partial charge >= 0.3 is 0 Å². The molecular formula is C17H17N. The number of nitrogens with zero attached hydrogens (tertiary/aromatic N) is 1. The van der Waals surface area contributed by atoms with E-state index in [1.54, 1.807) is 0 Å². The molecule has 1 nitrogen and oxygen atoms in total. The van der Waals surface area contributed by atoms with E-state index in [0.717, 1.165) is 6.54 Å². The maximum Gasteiger partial charge on any atom is 0.0487 e. The fraction of sp³-hybridized carbons (Fsp3) is 0.176. The van der Waals surface area contributed by atoms with Crippen LogP contribution in [0.25, 0.3) is 6.08 Å². The zero-order valence-corrected chi connectivity index (χ0v) is 10.9. The molecule has 1 aliphatic rings. The van der Waals surface area contributed by atoms with Crippen molar-refractivity contribution in [1.82, 2.24) is 0 Å². The van der Waals surface area contributed by atoms with Crippen molar-refractivity contribution in [3.8, 4) is 0 Å². The molecule has 2 aromatic carbocycles. The van der Waals surface area contributed by atoms with Gasteiger partial charge in [0.15, 0.2) is 0 Å². The minimum atomic E-state index is 0.947. The van der Waals surface area contributed by atoms with E-state index in [4.69, 9.17) is 0 Å². The number of anilines is 2. The molecule has 0 saturated heterocycles. The maximum absolute atomic E-state index is 2.40. The fourth-order valence-electron chi connectivity index (χ4n) is 2.70. The summed E-state index contributed by atoms with van der Waals surface area (Å²) in [5, 5.41) is 0. The van der Waals surface area contributed by atoms with Gasteiger partial charge in [-0.25, -0.2) is 0 Å². The number of hydrogen-bond acceptors (Lipinski definition) is 1. The van der Waals surface area contributed by atoms with E-state index in [2.05, 4.69) is 73.4 Å². The van der Waals surface area contributed by atoms with Gasteiger partial charge < -0.3 is 4.90 Å². The van der Waals surface area contributed by atoms with Crippen molar-refractivity contribution in [2.75, 3.05) is 11.4 Å². The van der Waals surface area contributed by atoms with Crippen LogP contribution in [0.5, 0.6) is 0 Å². The number of para-hydroxylation sites is 2. The van der Waals surface area contributed by atoms with Crippen LogP contribution in [0.4, 0.5) is 11.4 Å². The quantitative estimate of drug-likeness (QED) is 0.705. The standard InChI is InChI=1S/C17H17N/c1-13-7-5-8-14(2)17(13)18-12-6-10-15-9-3-4-11-16(15)18/h3-11H,12H2,1-2H3. The van der Waals surface area contributed by atoms with E-state index in [-0.39, 0.29) is 0 Å². The van der Waals surface area contributed by atoms with Crippen LogP contribution < -0.4 is 4.90 Å². The molecule has 0 atom stereocenters. The number of benzene rings is 2. The van der Waals surface area contributed by atoms with Gasteiger partial charge in [0.05, 0.1) is 0 Å². The average molecular weight is 235 g/mol. The van der Waals surface area contributed by atoms with Crippen LogP contribution in [0, 0.1) is 13.8 Å². The molecule has 0 aromatic heterocycles. The summed E-state index contributed by atoms with van der Waals surface area (Å²) >= 11 is 0. The van der Waals surface area contributed by atoms with Gasteiger partial charge in [-0.05, 0) is 36.6 Å². The monoisotopic (exact) mass is 235 g/mol. The number of aryl methyl sites for hydroxylation is 2. The highest BCUT2D eigenvalue weighted by atomic mass is 15.1. The summed E-state index contributed by atoms with van der Waals surface area (Å²) in [6.45, 7) is 5.31. The van der Waals surface area contributed by atoms with Gasteiger partial charge in [0.1, 0.15) is 0 Å². The Balaban J connectivity index is 2.17. The van der Waals surface area contributed by atoms with Gasteiger partial charge in [-0.15, -0.1) is 0 Å². The Labute approximate surface area is 108 Å². The van der Waals surface area contributed by atoms with E-state index in [1.165, 1.54) is 28.1 Å². The summed E-state index contributed by atoms with van der Waals surface area (Å²) in [6.07, 6.45) is 4.44. The predicted molar refractivity (Wildman–Crippen MR) is 78.4 cm³/mol.